The summed E-state index contributed by atoms with van der Waals surface area (Å²) in [5.41, 5.74) is 2.56. The Kier molecular flexibility index (Phi) is 5.53. The number of nitrogens with one attached hydrogen (secondary N) is 1. The van der Waals surface area contributed by atoms with E-state index < -0.39 is 0 Å². The number of piperazine rings is 1. The molecule has 7 heteroatoms. The summed E-state index contributed by atoms with van der Waals surface area (Å²) in [5.74, 6) is 0.0401. The second-order valence-electron chi connectivity index (χ2n) is 6.59. The first-order valence-corrected chi connectivity index (χ1v) is 8.92. The Bertz CT molecular complexity index is 566. The summed E-state index contributed by atoms with van der Waals surface area (Å²) in [6, 6.07) is 0. The normalized spacial score (nSPS) is 24.9. The smallest absolute Gasteiger partial charge is 0.274 e. The van der Waals surface area contributed by atoms with Gasteiger partial charge in [0.15, 0.2) is 5.69 Å². The van der Waals surface area contributed by atoms with Crippen LogP contribution >= 0.6 is 0 Å². The average Bonchev–Trinajstić information content (AvgIpc) is 2.99. The summed E-state index contributed by atoms with van der Waals surface area (Å²) >= 11 is 0. The van der Waals surface area contributed by atoms with E-state index in [2.05, 4.69) is 15.1 Å². The maximum atomic E-state index is 12.9. The number of nitrogens with zero attached hydrogens (tertiary/aromatic N) is 3. The van der Waals surface area contributed by atoms with Crippen LogP contribution in [0.2, 0.25) is 0 Å². The Morgan fingerprint density at radius 3 is 2.79 bits per heavy atom. The summed E-state index contributed by atoms with van der Waals surface area (Å²) in [6.07, 6.45) is 0.825. The van der Waals surface area contributed by atoms with E-state index in [0.29, 0.717) is 5.69 Å². The van der Waals surface area contributed by atoms with Gasteiger partial charge in [-0.2, -0.15) is 5.10 Å². The molecular weight excluding hydrogens is 308 g/mol. The van der Waals surface area contributed by atoms with Gasteiger partial charge in [0.1, 0.15) is 0 Å². The molecule has 3 rings (SSSR count). The third-order valence-corrected chi connectivity index (χ3v) is 4.85. The van der Waals surface area contributed by atoms with Gasteiger partial charge in [0.2, 0.25) is 0 Å². The first kappa shape index (κ1) is 17.4. The van der Waals surface area contributed by atoms with Gasteiger partial charge in [-0.15, -0.1) is 0 Å². The van der Waals surface area contributed by atoms with Crippen molar-refractivity contribution in [3.8, 4) is 0 Å². The second kappa shape index (κ2) is 7.63. The molecule has 0 saturated carbocycles. The van der Waals surface area contributed by atoms with Gasteiger partial charge in [-0.25, -0.2) is 0 Å². The lowest BCUT2D eigenvalue weighted by molar-refractivity contribution is -0.00704. The molecule has 0 unspecified atom stereocenters. The summed E-state index contributed by atoms with van der Waals surface area (Å²) in [5, 5.41) is 7.32. The van der Waals surface area contributed by atoms with E-state index in [0.717, 1.165) is 63.6 Å². The quantitative estimate of drug-likeness (QED) is 0.819. The molecule has 3 heterocycles. The van der Waals surface area contributed by atoms with Crippen LogP contribution in [0.5, 0.6) is 0 Å². The highest BCUT2D eigenvalue weighted by molar-refractivity contribution is 5.94. The molecule has 1 amide bonds. The Labute approximate surface area is 143 Å². The molecule has 0 spiro atoms. The first-order chi connectivity index (χ1) is 11.6. The lowest BCUT2D eigenvalue weighted by Gasteiger charge is -2.34. The van der Waals surface area contributed by atoms with Crippen molar-refractivity contribution in [2.24, 2.45) is 0 Å². The molecule has 1 N–H and O–H groups in total. The maximum Gasteiger partial charge on any atom is 0.274 e. The Morgan fingerprint density at radius 2 is 2.08 bits per heavy atom. The van der Waals surface area contributed by atoms with Gasteiger partial charge in [-0.3, -0.25) is 14.8 Å². The van der Waals surface area contributed by atoms with Crippen LogP contribution in [0.1, 0.15) is 48.6 Å². The van der Waals surface area contributed by atoms with Crippen molar-refractivity contribution in [1.29, 1.82) is 0 Å². The van der Waals surface area contributed by atoms with E-state index in [1.165, 1.54) is 0 Å². The van der Waals surface area contributed by atoms with Crippen LogP contribution in [0, 0.1) is 0 Å². The molecule has 2 aliphatic rings. The number of hydrogen-bond donors (Lipinski definition) is 1. The zero-order valence-corrected chi connectivity index (χ0v) is 14.9. The lowest BCUT2D eigenvalue weighted by Crippen LogP contribution is -2.49. The van der Waals surface area contributed by atoms with Gasteiger partial charge in [-0.05, 0) is 20.8 Å². The standard InChI is InChI=1S/C17H28N4O3/c1-4-23-10-9-20-5-7-21(8-6-20)17(22)16-14-11-12(2)24-13(3)15(14)18-19-16/h12-13H,4-11H2,1-3H3,(H,18,19)/t12-,13+/m0/s1. The first-order valence-electron chi connectivity index (χ1n) is 8.92. The molecular formula is C17H28N4O3. The fourth-order valence-electron chi connectivity index (χ4n) is 3.51. The number of hydrogen-bond acceptors (Lipinski definition) is 5. The molecule has 0 bridgehead atoms. The predicted octanol–water partition coefficient (Wildman–Crippen LogP) is 1.23. The Morgan fingerprint density at radius 1 is 1.33 bits per heavy atom. The van der Waals surface area contributed by atoms with E-state index in [1.807, 2.05) is 25.7 Å². The second-order valence-corrected chi connectivity index (χ2v) is 6.59. The highest BCUT2D eigenvalue weighted by Gasteiger charge is 2.32. The monoisotopic (exact) mass is 336 g/mol. The number of carbonyl (C=O) groups excluding carboxylic acids is 1. The van der Waals surface area contributed by atoms with Crippen molar-refractivity contribution < 1.29 is 14.3 Å². The summed E-state index contributed by atoms with van der Waals surface area (Å²) in [6.45, 7) is 11.8. The number of amides is 1. The van der Waals surface area contributed by atoms with E-state index in [1.54, 1.807) is 0 Å². The van der Waals surface area contributed by atoms with Gasteiger partial charge in [-0.1, -0.05) is 0 Å². The van der Waals surface area contributed by atoms with Crippen LogP contribution in [0.4, 0.5) is 0 Å². The fraction of sp³-hybridized carbons (Fsp3) is 0.765. The van der Waals surface area contributed by atoms with Crippen LogP contribution in [-0.4, -0.2) is 77.9 Å². The van der Waals surface area contributed by atoms with Gasteiger partial charge in [0.25, 0.3) is 5.91 Å². The highest BCUT2D eigenvalue weighted by atomic mass is 16.5. The largest absolute Gasteiger partial charge is 0.380 e. The number of carbonyl (C=O) groups is 1. The van der Waals surface area contributed by atoms with Crippen molar-refractivity contribution in [2.75, 3.05) is 45.9 Å². The van der Waals surface area contributed by atoms with Crippen LogP contribution < -0.4 is 0 Å². The molecule has 1 aromatic heterocycles. The van der Waals surface area contributed by atoms with Crippen molar-refractivity contribution in [3.05, 3.63) is 17.0 Å². The molecule has 0 radical (unpaired) electrons. The molecule has 2 aliphatic heterocycles. The molecule has 1 fully saturated rings. The zero-order valence-electron chi connectivity index (χ0n) is 14.9. The third kappa shape index (κ3) is 3.63. The summed E-state index contributed by atoms with van der Waals surface area (Å²) < 4.78 is 11.2. The number of aromatic amines is 1. The average molecular weight is 336 g/mol. The van der Waals surface area contributed by atoms with Crippen LogP contribution in [0.25, 0.3) is 0 Å². The molecule has 7 nitrogen and oxygen atoms in total. The number of aromatic nitrogens is 2. The Hall–Kier alpha value is -1.44. The molecule has 2 atom stereocenters. The van der Waals surface area contributed by atoms with E-state index >= 15 is 0 Å². The third-order valence-electron chi connectivity index (χ3n) is 4.85. The van der Waals surface area contributed by atoms with Crippen molar-refractivity contribution in [1.82, 2.24) is 20.0 Å². The SMILES string of the molecule is CCOCCN1CCN(C(=O)c2n[nH]c3c2C[C@H](C)O[C@@H]3C)CC1. The van der Waals surface area contributed by atoms with Gasteiger partial charge in [0.05, 0.1) is 24.5 Å². The van der Waals surface area contributed by atoms with Crippen molar-refractivity contribution >= 4 is 5.91 Å². The topological polar surface area (TPSA) is 70.7 Å². The maximum absolute atomic E-state index is 12.9. The molecule has 0 aliphatic carbocycles. The van der Waals surface area contributed by atoms with Gasteiger partial charge < -0.3 is 14.4 Å². The highest BCUT2D eigenvalue weighted by Crippen LogP contribution is 2.30. The van der Waals surface area contributed by atoms with Crippen LogP contribution in [-0.2, 0) is 15.9 Å². The zero-order chi connectivity index (χ0) is 17.1. The number of H-pyrrole nitrogens is 1. The molecule has 0 aromatic carbocycles. The van der Waals surface area contributed by atoms with Crippen molar-refractivity contribution in [2.45, 2.75) is 39.4 Å². The van der Waals surface area contributed by atoms with E-state index in [-0.39, 0.29) is 18.1 Å². The summed E-state index contributed by atoms with van der Waals surface area (Å²) in [7, 11) is 0. The fourth-order valence-corrected chi connectivity index (χ4v) is 3.51. The number of ether oxygens (including phenoxy) is 2. The molecule has 1 saturated heterocycles. The minimum atomic E-state index is -0.0341. The lowest BCUT2D eigenvalue weighted by atomic mass is 9.99. The molecule has 24 heavy (non-hydrogen) atoms. The number of fused-ring (bicyclic) bond motifs is 1. The van der Waals surface area contributed by atoms with Crippen LogP contribution in [0.15, 0.2) is 0 Å². The van der Waals surface area contributed by atoms with E-state index in [4.69, 9.17) is 9.47 Å². The minimum Gasteiger partial charge on any atom is -0.380 e. The predicted molar refractivity (Wildman–Crippen MR) is 90.1 cm³/mol. The van der Waals surface area contributed by atoms with Gasteiger partial charge in [0, 0.05) is 51.3 Å². The van der Waals surface area contributed by atoms with Gasteiger partial charge >= 0.3 is 0 Å². The van der Waals surface area contributed by atoms with Crippen LogP contribution in [0.3, 0.4) is 0 Å². The molecule has 1 aromatic rings. The van der Waals surface area contributed by atoms with Crippen molar-refractivity contribution in [3.63, 3.8) is 0 Å². The molecule has 134 valence electrons. The minimum absolute atomic E-state index is 0.0341. The van der Waals surface area contributed by atoms with E-state index in [9.17, 15) is 4.79 Å². The number of rotatable bonds is 5. The summed E-state index contributed by atoms with van der Waals surface area (Å²) in [4.78, 5) is 17.1. The Balaban J connectivity index is 1.60.